The molecule has 11 heteroatoms. The summed E-state index contributed by atoms with van der Waals surface area (Å²) >= 11 is 0. The Morgan fingerprint density at radius 3 is 2.66 bits per heavy atom. The van der Waals surface area contributed by atoms with Gasteiger partial charge in [0.05, 0.1) is 10.9 Å². The Bertz CT molecular complexity index is 1420. The highest BCUT2D eigenvalue weighted by Gasteiger charge is 2.47. The maximum absolute atomic E-state index is 13.1. The van der Waals surface area contributed by atoms with E-state index in [0.29, 0.717) is 23.2 Å². The van der Waals surface area contributed by atoms with Crippen molar-refractivity contribution in [2.75, 3.05) is 20.1 Å². The van der Waals surface area contributed by atoms with Gasteiger partial charge < -0.3 is 15.7 Å². The predicted molar refractivity (Wildman–Crippen MR) is 144 cm³/mol. The first kappa shape index (κ1) is 27.6. The quantitative estimate of drug-likeness (QED) is 0.144. The summed E-state index contributed by atoms with van der Waals surface area (Å²) in [4.78, 5) is 27.2. The van der Waals surface area contributed by atoms with Gasteiger partial charge in [0.25, 0.3) is 10.0 Å². The minimum absolute atomic E-state index is 0.000575. The highest BCUT2D eigenvalue weighted by molar-refractivity contribution is 7.90. The van der Waals surface area contributed by atoms with Crippen LogP contribution in [-0.4, -0.2) is 67.7 Å². The number of carboxylic acid groups (broad SMARTS) is 1. The normalized spacial score (nSPS) is 20.4. The molecule has 0 radical (unpaired) electrons. The van der Waals surface area contributed by atoms with Gasteiger partial charge in [-0.1, -0.05) is 30.4 Å². The standard InChI is InChI=1S/C27H33N5O5S/c1-17-5-6-18(14-23(28)24(33)27(26(34)35)10-3-4-11-30-27)13-22(17)25(29)31-38(36,37)21-8-7-19-9-12-32(2)16-20(19)15-21/h3-8,13,15,23,30H,9-12,14,16,28H2,1-2H3,(H2,29,31)(H,34,35)/t23?,27-/m1/s1. The third-order valence-corrected chi connectivity index (χ3v) is 8.54. The Labute approximate surface area is 222 Å². The molecule has 2 aliphatic rings. The molecule has 0 amide bonds. The molecule has 0 saturated heterocycles. The molecule has 2 aliphatic heterocycles. The van der Waals surface area contributed by atoms with Crippen LogP contribution in [0.2, 0.25) is 0 Å². The van der Waals surface area contributed by atoms with Gasteiger partial charge >= 0.3 is 5.97 Å². The lowest BCUT2D eigenvalue weighted by Crippen LogP contribution is -2.63. The van der Waals surface area contributed by atoms with Crippen LogP contribution in [0.3, 0.4) is 0 Å². The summed E-state index contributed by atoms with van der Waals surface area (Å²) in [6.07, 6.45) is 4.28. The van der Waals surface area contributed by atoms with Crippen molar-refractivity contribution >= 4 is 27.6 Å². The average molecular weight is 540 g/mol. The molecule has 202 valence electrons. The number of Topliss-reactive ketones (excluding diaryl/α,β-unsaturated/α-hetero) is 1. The van der Waals surface area contributed by atoms with Crippen LogP contribution in [0.5, 0.6) is 0 Å². The van der Waals surface area contributed by atoms with Gasteiger partial charge in [0.15, 0.2) is 11.3 Å². The number of rotatable bonds is 8. The van der Waals surface area contributed by atoms with Crippen LogP contribution in [0.15, 0.2) is 53.4 Å². The molecule has 0 spiro atoms. The minimum atomic E-state index is -4.01. The summed E-state index contributed by atoms with van der Waals surface area (Å²) in [6, 6.07) is 8.98. The Hall–Kier alpha value is -3.38. The van der Waals surface area contributed by atoms with E-state index in [9.17, 15) is 23.1 Å². The summed E-state index contributed by atoms with van der Waals surface area (Å²) in [5.74, 6) is -2.22. The van der Waals surface area contributed by atoms with Crippen molar-refractivity contribution in [3.63, 3.8) is 0 Å². The van der Waals surface area contributed by atoms with Gasteiger partial charge in [-0.05, 0) is 67.3 Å². The van der Waals surface area contributed by atoms with Gasteiger partial charge in [-0.3, -0.25) is 20.2 Å². The Morgan fingerprint density at radius 1 is 1.21 bits per heavy atom. The Kier molecular flexibility index (Phi) is 7.84. The number of benzene rings is 2. The predicted octanol–water partition coefficient (Wildman–Crippen LogP) is 1.10. The van der Waals surface area contributed by atoms with Crippen molar-refractivity contribution in [1.29, 1.82) is 5.41 Å². The van der Waals surface area contributed by atoms with Crippen LogP contribution in [0, 0.1) is 12.3 Å². The lowest BCUT2D eigenvalue weighted by Gasteiger charge is -2.32. The van der Waals surface area contributed by atoms with Crippen molar-refractivity contribution in [2.24, 2.45) is 5.73 Å². The lowest BCUT2D eigenvalue weighted by molar-refractivity contribution is -0.150. The zero-order valence-electron chi connectivity index (χ0n) is 21.5. The second kappa shape index (κ2) is 10.8. The second-order valence-corrected chi connectivity index (χ2v) is 11.7. The zero-order valence-corrected chi connectivity index (χ0v) is 22.3. The highest BCUT2D eigenvalue weighted by atomic mass is 32.2. The molecule has 0 aliphatic carbocycles. The van der Waals surface area contributed by atoms with Crippen LogP contribution >= 0.6 is 0 Å². The number of aliphatic carboxylic acids is 1. The molecule has 0 saturated carbocycles. The van der Waals surface area contributed by atoms with Crippen LogP contribution in [0.4, 0.5) is 0 Å². The number of fused-ring (bicyclic) bond motifs is 1. The Balaban J connectivity index is 1.51. The summed E-state index contributed by atoms with van der Waals surface area (Å²) < 4.78 is 28.6. The number of nitrogens with two attached hydrogens (primary N) is 1. The molecule has 6 N–H and O–H groups in total. The lowest BCUT2D eigenvalue weighted by atomic mass is 9.82. The van der Waals surface area contributed by atoms with Gasteiger partial charge in [-0.25, -0.2) is 13.2 Å². The smallest absolute Gasteiger partial charge is 0.332 e. The van der Waals surface area contributed by atoms with E-state index in [1.807, 2.05) is 13.1 Å². The van der Waals surface area contributed by atoms with E-state index >= 15 is 0 Å². The third-order valence-electron chi connectivity index (χ3n) is 7.19. The summed E-state index contributed by atoms with van der Waals surface area (Å²) in [5, 5.41) is 21.0. The first-order valence-corrected chi connectivity index (χ1v) is 13.9. The number of carbonyl (C=O) groups excluding carboxylic acids is 1. The molecular weight excluding hydrogens is 506 g/mol. The monoisotopic (exact) mass is 539 g/mol. The van der Waals surface area contributed by atoms with E-state index < -0.39 is 33.4 Å². The SMILES string of the molecule is Cc1ccc(CC(N)C(=O)[C@@]2(C(=O)O)CC=CCN2)cc1C(=N)NS(=O)(=O)c1ccc2c(c1)CN(C)CC2. The molecule has 0 fully saturated rings. The fourth-order valence-corrected chi connectivity index (χ4v) is 5.96. The molecule has 1 unspecified atom stereocenters. The number of carbonyl (C=O) groups is 2. The van der Waals surface area contributed by atoms with Crippen molar-refractivity contribution in [1.82, 2.24) is 14.9 Å². The zero-order chi connectivity index (χ0) is 27.7. The molecule has 2 aromatic rings. The summed E-state index contributed by atoms with van der Waals surface area (Å²) in [5.41, 5.74) is 8.04. The fourth-order valence-electron chi connectivity index (χ4n) is 4.92. The molecular formula is C27H33N5O5S. The van der Waals surface area contributed by atoms with Crippen LogP contribution < -0.4 is 15.8 Å². The first-order valence-electron chi connectivity index (χ1n) is 12.4. The van der Waals surface area contributed by atoms with Gasteiger partial charge in [-0.15, -0.1) is 0 Å². The van der Waals surface area contributed by atoms with Crippen molar-refractivity contribution < 1.29 is 23.1 Å². The molecule has 2 atom stereocenters. The van der Waals surface area contributed by atoms with E-state index in [4.69, 9.17) is 11.1 Å². The minimum Gasteiger partial charge on any atom is -0.480 e. The van der Waals surface area contributed by atoms with E-state index in [1.54, 1.807) is 49.4 Å². The number of nitrogens with one attached hydrogen (secondary N) is 3. The van der Waals surface area contributed by atoms with Crippen molar-refractivity contribution in [3.05, 3.63) is 76.4 Å². The molecule has 2 aromatic carbocycles. The van der Waals surface area contributed by atoms with Gasteiger partial charge in [0, 0.05) is 31.6 Å². The number of aryl methyl sites for hydroxylation is 1. The molecule has 0 bridgehead atoms. The van der Waals surface area contributed by atoms with E-state index in [1.165, 1.54) is 0 Å². The largest absolute Gasteiger partial charge is 0.480 e. The maximum atomic E-state index is 13.1. The Morgan fingerprint density at radius 2 is 1.97 bits per heavy atom. The number of hydrogen-bond acceptors (Lipinski definition) is 8. The third kappa shape index (κ3) is 5.56. The molecule has 4 rings (SSSR count). The molecule has 0 aromatic heterocycles. The topological polar surface area (TPSA) is 166 Å². The number of hydrogen-bond donors (Lipinski definition) is 5. The fraction of sp³-hybridized carbons (Fsp3) is 0.370. The van der Waals surface area contributed by atoms with Crippen LogP contribution in [0.25, 0.3) is 0 Å². The van der Waals surface area contributed by atoms with Crippen LogP contribution in [0.1, 0.15) is 34.2 Å². The van der Waals surface area contributed by atoms with Crippen molar-refractivity contribution in [2.45, 2.75) is 49.2 Å². The van der Waals surface area contributed by atoms with Crippen LogP contribution in [-0.2, 0) is 39.0 Å². The number of likely N-dealkylation sites (N-methyl/N-ethyl adjacent to an activating group) is 1. The molecule has 38 heavy (non-hydrogen) atoms. The van der Waals surface area contributed by atoms with Gasteiger partial charge in [-0.2, -0.15) is 0 Å². The molecule has 10 nitrogen and oxygen atoms in total. The van der Waals surface area contributed by atoms with Crippen molar-refractivity contribution in [3.8, 4) is 0 Å². The van der Waals surface area contributed by atoms with E-state index in [2.05, 4.69) is 14.9 Å². The average Bonchev–Trinajstić information content (AvgIpc) is 2.88. The molecule has 2 heterocycles. The number of nitrogens with zero attached hydrogens (tertiary/aromatic N) is 1. The number of ketones is 1. The maximum Gasteiger partial charge on any atom is 0.332 e. The second-order valence-electron chi connectivity index (χ2n) is 9.99. The van der Waals surface area contributed by atoms with E-state index in [-0.39, 0.29) is 30.1 Å². The van der Waals surface area contributed by atoms with E-state index in [0.717, 1.165) is 24.1 Å². The number of sulfonamides is 1. The summed E-state index contributed by atoms with van der Waals surface area (Å²) in [6.45, 7) is 3.57. The number of carboxylic acids is 1. The van der Waals surface area contributed by atoms with Gasteiger partial charge in [0.1, 0.15) is 5.84 Å². The first-order chi connectivity index (χ1) is 17.9. The summed E-state index contributed by atoms with van der Waals surface area (Å²) in [7, 11) is -2.03. The van der Waals surface area contributed by atoms with Gasteiger partial charge in [0.2, 0.25) is 0 Å². The highest BCUT2D eigenvalue weighted by Crippen LogP contribution is 2.23. The number of amidine groups is 1.